The van der Waals surface area contributed by atoms with E-state index in [4.69, 9.17) is 11.6 Å². The van der Waals surface area contributed by atoms with Gasteiger partial charge in [-0.15, -0.1) is 0 Å². The summed E-state index contributed by atoms with van der Waals surface area (Å²) in [5, 5.41) is 5.81. The highest BCUT2D eigenvalue weighted by Crippen LogP contribution is 2.43. The van der Waals surface area contributed by atoms with Crippen LogP contribution in [0.15, 0.2) is 203 Å². The predicted octanol–water partition coefficient (Wildman–Crippen LogP) is 15.0. The maximum atomic E-state index is 10.0. The molecule has 0 unspecified atom stereocenters. The molecule has 4 nitrogen and oxygen atoms in total. The quantitative estimate of drug-likeness (QED) is 0.180. The third kappa shape index (κ3) is 4.40. The van der Waals surface area contributed by atoms with E-state index in [0.717, 1.165) is 71.3 Å². The summed E-state index contributed by atoms with van der Waals surface area (Å²) in [5.74, 6) is 0. The van der Waals surface area contributed by atoms with Gasteiger partial charge in [0, 0.05) is 54.8 Å². The SMILES string of the molecule is [2H]c1c([2H])c([2H])c2c(c1[2H])c1c([2H])c(-c3ccc4c(c3)c3c(-c5ccccc5)cccc3n4-c3ccc4c(c3)oc3ccccc34)c([2H])c([2H])c1n2-c1cccc2c1oc1ccccc12. The second-order valence-corrected chi connectivity index (χ2v) is 14.7. The molecule has 13 rings (SSSR count). The summed E-state index contributed by atoms with van der Waals surface area (Å²) in [7, 11) is 0. The van der Waals surface area contributed by atoms with Gasteiger partial charge in [0.2, 0.25) is 0 Å². The molecule has 0 radical (unpaired) electrons. The molecule has 270 valence electrons. The number of hydrogen-bond acceptors (Lipinski definition) is 2. The van der Waals surface area contributed by atoms with Crippen molar-refractivity contribution >= 4 is 87.5 Å². The van der Waals surface area contributed by atoms with Gasteiger partial charge in [-0.2, -0.15) is 0 Å². The zero-order valence-electron chi connectivity index (χ0n) is 37.6. The van der Waals surface area contributed by atoms with Gasteiger partial charge in [-0.1, -0.05) is 121 Å². The third-order valence-corrected chi connectivity index (χ3v) is 11.6. The predicted molar refractivity (Wildman–Crippen MR) is 241 cm³/mol. The van der Waals surface area contributed by atoms with Crippen LogP contribution in [0.1, 0.15) is 9.60 Å². The van der Waals surface area contributed by atoms with Crippen LogP contribution in [0.25, 0.3) is 121 Å². The molecular weight excluding hydrogens is 709 g/mol. The Morgan fingerprint density at radius 3 is 2.03 bits per heavy atom. The largest absolute Gasteiger partial charge is 0.456 e. The van der Waals surface area contributed by atoms with E-state index in [1.54, 1.807) is 10.6 Å². The molecule has 0 bridgehead atoms. The summed E-state index contributed by atoms with van der Waals surface area (Å²) in [6.07, 6.45) is 0. The molecule has 13 aromatic rings. The number of nitrogens with zero attached hydrogens (tertiary/aromatic N) is 2. The van der Waals surface area contributed by atoms with E-state index in [2.05, 4.69) is 53.1 Å². The molecule has 0 amide bonds. The molecule has 0 aliphatic heterocycles. The Morgan fingerprint density at radius 2 is 1.14 bits per heavy atom. The number of rotatable bonds is 4. The van der Waals surface area contributed by atoms with Gasteiger partial charge in [0.25, 0.3) is 0 Å². The molecule has 0 aliphatic rings. The van der Waals surface area contributed by atoms with Crippen molar-refractivity contribution in [1.29, 1.82) is 0 Å². The summed E-state index contributed by atoms with van der Waals surface area (Å²) in [6.45, 7) is 0. The fourth-order valence-corrected chi connectivity index (χ4v) is 9.02. The molecule has 4 heterocycles. The molecule has 0 fully saturated rings. The monoisotopic (exact) mass is 747 g/mol. The lowest BCUT2D eigenvalue weighted by Gasteiger charge is -2.10. The van der Waals surface area contributed by atoms with Gasteiger partial charge >= 0.3 is 0 Å². The van der Waals surface area contributed by atoms with Crippen molar-refractivity contribution in [3.63, 3.8) is 0 Å². The number of hydrogen-bond donors (Lipinski definition) is 0. The van der Waals surface area contributed by atoms with Crippen LogP contribution in [0.3, 0.4) is 0 Å². The fourth-order valence-electron chi connectivity index (χ4n) is 9.02. The molecule has 58 heavy (non-hydrogen) atoms. The van der Waals surface area contributed by atoms with Gasteiger partial charge in [0.05, 0.1) is 37.3 Å². The van der Waals surface area contributed by atoms with Crippen LogP contribution in [0, 0.1) is 0 Å². The highest BCUT2D eigenvalue weighted by Gasteiger charge is 2.21. The highest BCUT2D eigenvalue weighted by atomic mass is 16.3. The second-order valence-electron chi connectivity index (χ2n) is 14.7. The van der Waals surface area contributed by atoms with Gasteiger partial charge in [0.1, 0.15) is 16.7 Å². The molecule has 4 heteroatoms. The van der Waals surface area contributed by atoms with Crippen molar-refractivity contribution in [2.24, 2.45) is 0 Å². The van der Waals surface area contributed by atoms with Crippen LogP contribution in [0.2, 0.25) is 0 Å². The summed E-state index contributed by atoms with van der Waals surface area (Å²) in [6, 6.07) is 47.6. The smallest absolute Gasteiger partial charge is 0.159 e. The summed E-state index contributed by atoms with van der Waals surface area (Å²) in [5.41, 5.74) is 8.79. The van der Waals surface area contributed by atoms with Gasteiger partial charge in [-0.25, -0.2) is 0 Å². The zero-order valence-corrected chi connectivity index (χ0v) is 30.6. The van der Waals surface area contributed by atoms with E-state index >= 15 is 0 Å². The van der Waals surface area contributed by atoms with Crippen molar-refractivity contribution in [2.45, 2.75) is 0 Å². The van der Waals surface area contributed by atoms with Crippen LogP contribution in [0.5, 0.6) is 0 Å². The van der Waals surface area contributed by atoms with Gasteiger partial charge in [-0.05, 0) is 88.9 Å². The molecule has 9 aromatic carbocycles. The summed E-state index contributed by atoms with van der Waals surface area (Å²) in [4.78, 5) is 0. The van der Waals surface area contributed by atoms with Gasteiger partial charge in [0.15, 0.2) is 5.58 Å². The van der Waals surface area contributed by atoms with Crippen molar-refractivity contribution in [1.82, 2.24) is 9.13 Å². The molecule has 0 spiro atoms. The number of para-hydroxylation sites is 4. The normalized spacial score (nSPS) is 13.8. The zero-order chi connectivity index (χ0) is 44.0. The Bertz CT molecular complexity index is 4220. The van der Waals surface area contributed by atoms with E-state index in [-0.39, 0.29) is 57.6 Å². The van der Waals surface area contributed by atoms with Crippen LogP contribution in [-0.2, 0) is 0 Å². The van der Waals surface area contributed by atoms with E-state index in [0.29, 0.717) is 22.4 Å². The standard InChI is InChI=1S/C54H32N2O2/c1-2-12-33(13-3-1)37-17-10-20-48-53(37)44-31-35(25-29-47(44)55(48)36-26-27-41-39-15-5-8-22-50(39)57-52(41)32-36)34-24-28-46-43(30-34)38-14-4-7-19-45(38)56(46)49-21-11-18-42-40-16-6-9-23-51(40)58-54(42)49/h1-32H/i4D,7D,14D,19D,24D,28D,30D. The van der Waals surface area contributed by atoms with Crippen LogP contribution < -0.4 is 0 Å². The lowest BCUT2D eigenvalue weighted by atomic mass is 9.97. The molecular formula is C54H32N2O2. The Hall–Kier alpha value is -7.82. The third-order valence-electron chi connectivity index (χ3n) is 11.6. The van der Waals surface area contributed by atoms with E-state index in [1.165, 1.54) is 0 Å². The maximum Gasteiger partial charge on any atom is 0.159 e. The molecule has 0 N–H and O–H groups in total. The number of aromatic nitrogens is 2. The molecule has 0 saturated carbocycles. The second kappa shape index (κ2) is 11.8. The fraction of sp³-hybridized carbons (Fsp3) is 0. The Kier molecular flexibility index (Phi) is 5.18. The maximum absolute atomic E-state index is 10.0. The first-order chi connectivity index (χ1) is 31.7. The average molecular weight is 748 g/mol. The molecule has 4 aromatic heterocycles. The Morgan fingerprint density at radius 1 is 0.397 bits per heavy atom. The van der Waals surface area contributed by atoms with E-state index in [9.17, 15) is 6.85 Å². The number of benzene rings is 9. The van der Waals surface area contributed by atoms with Crippen molar-refractivity contribution in [3.8, 4) is 33.6 Å². The lowest BCUT2D eigenvalue weighted by Crippen LogP contribution is -1.94. The van der Waals surface area contributed by atoms with Crippen LogP contribution >= 0.6 is 0 Å². The topological polar surface area (TPSA) is 36.1 Å². The summed E-state index contributed by atoms with van der Waals surface area (Å²) >= 11 is 0. The molecule has 0 atom stereocenters. The van der Waals surface area contributed by atoms with E-state index < -0.39 is 12.1 Å². The van der Waals surface area contributed by atoms with Crippen molar-refractivity contribution in [2.75, 3.05) is 0 Å². The average Bonchev–Trinajstić information content (AvgIpc) is 4.10. The Balaban J connectivity index is 1.12. The minimum absolute atomic E-state index is 0.101. The minimum Gasteiger partial charge on any atom is -0.456 e. The van der Waals surface area contributed by atoms with Gasteiger partial charge < -0.3 is 18.0 Å². The van der Waals surface area contributed by atoms with Crippen molar-refractivity contribution < 1.29 is 18.4 Å². The molecule has 0 saturated heterocycles. The van der Waals surface area contributed by atoms with Crippen molar-refractivity contribution in [3.05, 3.63) is 194 Å². The highest BCUT2D eigenvalue weighted by molar-refractivity contribution is 6.18. The van der Waals surface area contributed by atoms with Crippen LogP contribution in [-0.4, -0.2) is 9.13 Å². The van der Waals surface area contributed by atoms with E-state index in [1.807, 2.05) is 97.1 Å². The number of furan rings is 2. The Labute approximate surface area is 341 Å². The summed E-state index contributed by atoms with van der Waals surface area (Å²) < 4.78 is 82.2. The lowest BCUT2D eigenvalue weighted by molar-refractivity contribution is 0.666. The minimum atomic E-state index is -0.450. The number of fused-ring (bicyclic) bond motifs is 12. The first-order valence-corrected chi connectivity index (χ1v) is 19.2. The molecule has 0 aliphatic carbocycles. The van der Waals surface area contributed by atoms with Gasteiger partial charge in [-0.3, -0.25) is 0 Å². The first kappa shape index (κ1) is 25.4. The van der Waals surface area contributed by atoms with Crippen LogP contribution in [0.4, 0.5) is 0 Å². The first-order valence-electron chi connectivity index (χ1n) is 22.7.